The maximum Gasteiger partial charge on any atom is 0.126 e. The molecule has 0 saturated heterocycles. The summed E-state index contributed by atoms with van der Waals surface area (Å²) >= 11 is 0. The van der Waals surface area contributed by atoms with E-state index in [0.29, 0.717) is 24.2 Å². The number of benzene rings is 2. The van der Waals surface area contributed by atoms with Crippen LogP contribution in [0.1, 0.15) is 11.1 Å². The molecule has 26 heavy (non-hydrogen) atoms. The third-order valence-electron chi connectivity index (χ3n) is 3.88. The van der Waals surface area contributed by atoms with Crippen molar-refractivity contribution in [1.82, 2.24) is 0 Å². The van der Waals surface area contributed by atoms with E-state index in [0.717, 1.165) is 11.4 Å². The summed E-state index contributed by atoms with van der Waals surface area (Å²) in [5.41, 5.74) is 3.22. The predicted octanol–water partition coefficient (Wildman–Crippen LogP) is 2.77. The first kappa shape index (κ1) is 19.3. The summed E-state index contributed by atoms with van der Waals surface area (Å²) in [6.45, 7) is 1.00. The Morgan fingerprint density at radius 1 is 0.731 bits per heavy atom. The molecular weight excluding hydrogens is 328 g/mol. The van der Waals surface area contributed by atoms with E-state index in [1.807, 2.05) is 62.3 Å². The number of aliphatic imine (C=N–C) groups is 2. The van der Waals surface area contributed by atoms with Crippen LogP contribution in [-0.2, 0) is 0 Å². The smallest absolute Gasteiger partial charge is 0.126 e. The lowest BCUT2D eigenvalue weighted by molar-refractivity contribution is 0.474. The zero-order valence-electron chi connectivity index (χ0n) is 15.7. The van der Waals surface area contributed by atoms with Gasteiger partial charge in [-0.1, -0.05) is 0 Å². The Balaban J connectivity index is 1.88. The molecular formula is C20H26N4O2. The van der Waals surface area contributed by atoms with Crippen molar-refractivity contribution < 1.29 is 10.2 Å². The second-order valence-corrected chi connectivity index (χ2v) is 6.35. The minimum Gasteiger partial charge on any atom is -0.507 e. The Morgan fingerprint density at radius 3 is 1.42 bits per heavy atom. The Kier molecular flexibility index (Phi) is 6.60. The summed E-state index contributed by atoms with van der Waals surface area (Å²) in [5, 5.41) is 20.0. The second kappa shape index (κ2) is 8.89. The van der Waals surface area contributed by atoms with Crippen molar-refractivity contribution >= 4 is 23.8 Å². The first-order valence-corrected chi connectivity index (χ1v) is 8.39. The van der Waals surface area contributed by atoms with Crippen LogP contribution in [0.4, 0.5) is 11.4 Å². The molecule has 0 aliphatic carbocycles. The minimum atomic E-state index is 0.203. The standard InChI is InChI=1S/C20H26N4O2/c1-23(2)17-7-5-15(19(25)11-17)13-21-9-10-22-14-16-6-8-18(24(3)4)12-20(16)26/h5-8,11-14,25-26H,9-10H2,1-4H3. The molecule has 6 nitrogen and oxygen atoms in total. The van der Waals surface area contributed by atoms with Crippen LogP contribution in [0.5, 0.6) is 11.5 Å². The third-order valence-corrected chi connectivity index (χ3v) is 3.88. The minimum absolute atomic E-state index is 0.203. The van der Waals surface area contributed by atoms with Crippen molar-refractivity contribution in [2.75, 3.05) is 51.1 Å². The van der Waals surface area contributed by atoms with Crippen LogP contribution in [0.25, 0.3) is 0 Å². The van der Waals surface area contributed by atoms with Crippen molar-refractivity contribution in [3.63, 3.8) is 0 Å². The van der Waals surface area contributed by atoms with Gasteiger partial charge in [-0.2, -0.15) is 0 Å². The fourth-order valence-corrected chi connectivity index (χ4v) is 2.28. The molecule has 6 heteroatoms. The molecule has 2 aromatic carbocycles. The van der Waals surface area contributed by atoms with E-state index < -0.39 is 0 Å². The Hall–Kier alpha value is -3.02. The van der Waals surface area contributed by atoms with E-state index in [1.54, 1.807) is 24.6 Å². The van der Waals surface area contributed by atoms with Gasteiger partial charge in [-0.25, -0.2) is 0 Å². The lowest BCUT2D eigenvalue weighted by Gasteiger charge is -2.13. The van der Waals surface area contributed by atoms with Crippen LogP contribution in [0, 0.1) is 0 Å². The quantitative estimate of drug-likeness (QED) is 0.592. The molecule has 2 rings (SSSR count). The molecule has 2 N–H and O–H groups in total. The molecule has 0 aliphatic rings. The highest BCUT2D eigenvalue weighted by Crippen LogP contribution is 2.23. The zero-order chi connectivity index (χ0) is 19.1. The zero-order valence-corrected chi connectivity index (χ0v) is 15.7. The van der Waals surface area contributed by atoms with Gasteiger partial charge in [-0.3, -0.25) is 9.98 Å². The molecule has 0 unspecified atom stereocenters. The lowest BCUT2D eigenvalue weighted by Crippen LogP contribution is -2.08. The van der Waals surface area contributed by atoms with Crippen molar-refractivity contribution in [2.24, 2.45) is 9.98 Å². The molecule has 2 aromatic rings. The summed E-state index contributed by atoms with van der Waals surface area (Å²) in [6, 6.07) is 10.9. The van der Waals surface area contributed by atoms with Gasteiger partial charge in [-0.05, 0) is 24.3 Å². The van der Waals surface area contributed by atoms with Gasteiger partial charge in [0.1, 0.15) is 11.5 Å². The number of rotatable bonds is 7. The number of anilines is 2. The molecule has 0 amide bonds. The molecule has 0 saturated carbocycles. The average molecular weight is 354 g/mol. The number of phenolic OH excluding ortho intramolecular Hbond substituents is 2. The van der Waals surface area contributed by atoms with Gasteiger partial charge in [-0.15, -0.1) is 0 Å². The maximum atomic E-state index is 10.0. The molecule has 0 spiro atoms. The second-order valence-electron chi connectivity index (χ2n) is 6.35. The van der Waals surface area contributed by atoms with Crippen molar-refractivity contribution in [3.05, 3.63) is 47.5 Å². The van der Waals surface area contributed by atoms with Crippen molar-refractivity contribution in [2.45, 2.75) is 0 Å². The highest BCUT2D eigenvalue weighted by atomic mass is 16.3. The maximum absolute atomic E-state index is 10.0. The van der Waals surface area contributed by atoms with Crippen LogP contribution in [-0.4, -0.2) is 63.9 Å². The first-order chi connectivity index (χ1) is 12.4. The van der Waals surface area contributed by atoms with E-state index in [4.69, 9.17) is 0 Å². The number of hydrogen-bond acceptors (Lipinski definition) is 6. The van der Waals surface area contributed by atoms with E-state index >= 15 is 0 Å². The molecule has 0 aliphatic heterocycles. The van der Waals surface area contributed by atoms with Crippen LogP contribution >= 0.6 is 0 Å². The van der Waals surface area contributed by atoms with Gasteiger partial charge >= 0.3 is 0 Å². The van der Waals surface area contributed by atoms with E-state index in [2.05, 4.69) is 9.98 Å². The van der Waals surface area contributed by atoms with Gasteiger partial charge in [0.15, 0.2) is 0 Å². The number of hydrogen-bond donors (Lipinski definition) is 2. The van der Waals surface area contributed by atoms with Gasteiger partial charge in [0.05, 0.1) is 13.1 Å². The number of aromatic hydroxyl groups is 2. The van der Waals surface area contributed by atoms with Gasteiger partial charge in [0.2, 0.25) is 0 Å². The highest BCUT2D eigenvalue weighted by Gasteiger charge is 2.02. The van der Waals surface area contributed by atoms with Crippen molar-refractivity contribution in [3.8, 4) is 11.5 Å². The summed E-state index contributed by atoms with van der Waals surface area (Å²) in [4.78, 5) is 12.4. The van der Waals surface area contributed by atoms with Crippen LogP contribution < -0.4 is 9.80 Å². The monoisotopic (exact) mass is 354 g/mol. The molecule has 138 valence electrons. The fourth-order valence-electron chi connectivity index (χ4n) is 2.28. The number of phenols is 2. The fraction of sp³-hybridized carbons (Fsp3) is 0.300. The molecule has 0 heterocycles. The SMILES string of the molecule is CN(C)c1ccc(C=NCCN=Cc2ccc(N(C)C)cc2O)c(O)c1. The molecule has 0 atom stereocenters. The number of nitrogens with zero attached hydrogens (tertiary/aromatic N) is 4. The van der Waals surface area contributed by atoms with E-state index in [1.165, 1.54) is 0 Å². The van der Waals surface area contributed by atoms with E-state index in [9.17, 15) is 10.2 Å². The van der Waals surface area contributed by atoms with Gasteiger partial charge < -0.3 is 20.0 Å². The third kappa shape index (κ3) is 5.24. The van der Waals surface area contributed by atoms with Crippen molar-refractivity contribution in [1.29, 1.82) is 0 Å². The molecule has 0 aromatic heterocycles. The van der Waals surface area contributed by atoms with Crippen LogP contribution in [0.2, 0.25) is 0 Å². The molecule has 0 fully saturated rings. The Labute approximate surface area is 154 Å². The lowest BCUT2D eigenvalue weighted by atomic mass is 10.2. The first-order valence-electron chi connectivity index (χ1n) is 8.39. The van der Waals surface area contributed by atoms with Crippen LogP contribution in [0.15, 0.2) is 46.4 Å². The highest BCUT2D eigenvalue weighted by molar-refractivity contribution is 5.85. The summed E-state index contributed by atoms with van der Waals surface area (Å²) < 4.78 is 0. The Bertz CT molecular complexity index is 731. The molecule has 0 radical (unpaired) electrons. The van der Waals surface area contributed by atoms with Gasteiger partial charge in [0.25, 0.3) is 0 Å². The summed E-state index contributed by atoms with van der Waals surface area (Å²) in [6.07, 6.45) is 3.29. The largest absolute Gasteiger partial charge is 0.507 e. The predicted molar refractivity (Wildman–Crippen MR) is 110 cm³/mol. The average Bonchev–Trinajstić information content (AvgIpc) is 2.59. The molecule has 0 bridgehead atoms. The van der Waals surface area contributed by atoms with Gasteiger partial charge in [0, 0.05) is 75.3 Å². The topological polar surface area (TPSA) is 71.7 Å². The summed E-state index contributed by atoms with van der Waals surface area (Å²) in [5.74, 6) is 0.406. The van der Waals surface area contributed by atoms with E-state index in [-0.39, 0.29) is 11.5 Å². The Morgan fingerprint density at radius 2 is 1.12 bits per heavy atom. The summed E-state index contributed by atoms with van der Waals surface area (Å²) in [7, 11) is 7.69. The van der Waals surface area contributed by atoms with Crippen LogP contribution in [0.3, 0.4) is 0 Å². The normalized spacial score (nSPS) is 11.4.